The second-order valence-corrected chi connectivity index (χ2v) is 6.52. The Morgan fingerprint density at radius 1 is 1.25 bits per heavy atom. The van der Waals surface area contributed by atoms with Crippen molar-refractivity contribution < 1.29 is 19.1 Å². The van der Waals surface area contributed by atoms with E-state index in [4.69, 9.17) is 9.47 Å². The van der Waals surface area contributed by atoms with Crippen molar-refractivity contribution in [2.45, 2.75) is 20.8 Å². The molecule has 0 fully saturated rings. The first-order valence-electron chi connectivity index (χ1n) is 7.55. The van der Waals surface area contributed by atoms with E-state index in [1.54, 1.807) is 63.5 Å². The smallest absolute Gasteiger partial charge is 0.316 e. The van der Waals surface area contributed by atoms with E-state index in [2.05, 4.69) is 4.98 Å². The van der Waals surface area contributed by atoms with Gasteiger partial charge in [-0.1, -0.05) is 6.07 Å². The molecule has 0 saturated heterocycles. The molecule has 0 bridgehead atoms. The largest absolute Gasteiger partial charge is 0.452 e. The van der Waals surface area contributed by atoms with Crippen LogP contribution in [0.15, 0.2) is 48.5 Å². The fraction of sp³-hybridized carbons (Fsp3) is 0.211. The Balaban J connectivity index is 1.85. The van der Waals surface area contributed by atoms with Gasteiger partial charge in [0.25, 0.3) is 0 Å². The van der Waals surface area contributed by atoms with E-state index in [-0.39, 0.29) is 17.5 Å². The van der Waals surface area contributed by atoms with Crippen LogP contribution in [-0.4, -0.2) is 16.7 Å². The lowest BCUT2D eigenvalue weighted by atomic mass is 9.97. The molecule has 3 rings (SSSR count). The van der Waals surface area contributed by atoms with Crippen molar-refractivity contribution >= 4 is 17.8 Å². The third-order valence-electron chi connectivity index (χ3n) is 3.45. The summed E-state index contributed by atoms with van der Waals surface area (Å²) in [6.45, 7) is 5.33. The van der Waals surface area contributed by atoms with Gasteiger partial charge in [0.1, 0.15) is 11.5 Å². The van der Waals surface area contributed by atoms with Crippen molar-refractivity contribution in [1.29, 1.82) is 0 Å². The molecule has 0 radical (unpaired) electrons. The SMILES string of the molecule is CC(C)(C)C(=O)Oc1ccc2c(c1)OC(=Cc1cccnc1)C2=O. The first kappa shape index (κ1) is 15.9. The standard InChI is InChI=1S/C19H17NO4/c1-19(2,3)18(22)23-13-6-7-14-15(10-13)24-16(17(14)21)9-12-5-4-8-20-11-12/h4-11H,1-3H3. The number of allylic oxidation sites excluding steroid dienone is 1. The zero-order valence-electron chi connectivity index (χ0n) is 13.7. The number of ketones is 1. The molecule has 2 heterocycles. The molecule has 1 aliphatic rings. The van der Waals surface area contributed by atoms with Crippen LogP contribution in [0.5, 0.6) is 11.5 Å². The lowest BCUT2D eigenvalue weighted by Gasteiger charge is -2.16. The molecule has 0 aliphatic carbocycles. The number of aromatic nitrogens is 1. The molecule has 0 saturated carbocycles. The predicted octanol–water partition coefficient (Wildman–Crippen LogP) is 3.65. The summed E-state index contributed by atoms with van der Waals surface area (Å²) in [4.78, 5) is 28.3. The fourth-order valence-corrected chi connectivity index (χ4v) is 2.10. The third-order valence-corrected chi connectivity index (χ3v) is 3.45. The quantitative estimate of drug-likeness (QED) is 0.479. The molecule has 1 aliphatic heterocycles. The normalized spacial score (nSPS) is 15.1. The molecule has 1 aromatic heterocycles. The van der Waals surface area contributed by atoms with Crippen LogP contribution >= 0.6 is 0 Å². The number of benzene rings is 1. The van der Waals surface area contributed by atoms with Crippen LogP contribution in [0.4, 0.5) is 0 Å². The number of fused-ring (bicyclic) bond motifs is 1. The van der Waals surface area contributed by atoms with Crippen LogP contribution in [0.3, 0.4) is 0 Å². The number of pyridine rings is 1. The van der Waals surface area contributed by atoms with E-state index in [0.29, 0.717) is 17.1 Å². The average Bonchev–Trinajstić information content (AvgIpc) is 2.83. The molecule has 1 aromatic carbocycles. The van der Waals surface area contributed by atoms with Gasteiger partial charge in [-0.05, 0) is 50.6 Å². The van der Waals surface area contributed by atoms with Crippen LogP contribution in [0.2, 0.25) is 0 Å². The fourth-order valence-electron chi connectivity index (χ4n) is 2.10. The zero-order chi connectivity index (χ0) is 17.3. The molecule has 0 atom stereocenters. The maximum atomic E-state index is 12.4. The summed E-state index contributed by atoms with van der Waals surface area (Å²) in [6.07, 6.45) is 4.93. The lowest BCUT2D eigenvalue weighted by molar-refractivity contribution is -0.142. The number of esters is 1. The molecule has 2 aromatic rings. The van der Waals surface area contributed by atoms with Crippen LogP contribution in [0, 0.1) is 5.41 Å². The highest BCUT2D eigenvalue weighted by atomic mass is 16.5. The number of hydrogen-bond donors (Lipinski definition) is 0. The highest BCUT2D eigenvalue weighted by Crippen LogP contribution is 2.35. The Hall–Kier alpha value is -2.95. The molecule has 24 heavy (non-hydrogen) atoms. The van der Waals surface area contributed by atoms with E-state index < -0.39 is 5.41 Å². The van der Waals surface area contributed by atoms with Gasteiger partial charge in [-0.2, -0.15) is 0 Å². The Morgan fingerprint density at radius 2 is 2.04 bits per heavy atom. The van der Waals surface area contributed by atoms with Crippen LogP contribution in [0.25, 0.3) is 6.08 Å². The predicted molar refractivity (Wildman–Crippen MR) is 88.7 cm³/mol. The first-order valence-corrected chi connectivity index (χ1v) is 7.55. The molecule has 0 unspecified atom stereocenters. The maximum Gasteiger partial charge on any atom is 0.316 e. The summed E-state index contributed by atoms with van der Waals surface area (Å²) in [5.74, 6) is 0.399. The van der Waals surface area contributed by atoms with Gasteiger partial charge in [-0.25, -0.2) is 0 Å². The highest BCUT2D eigenvalue weighted by molar-refractivity contribution is 6.14. The van der Waals surface area contributed by atoms with Gasteiger partial charge in [-0.3, -0.25) is 14.6 Å². The summed E-state index contributed by atoms with van der Waals surface area (Å²) in [7, 11) is 0. The van der Waals surface area contributed by atoms with Crippen molar-refractivity contribution in [3.8, 4) is 11.5 Å². The number of nitrogens with zero attached hydrogens (tertiary/aromatic N) is 1. The Labute approximate surface area is 139 Å². The minimum atomic E-state index is -0.610. The lowest BCUT2D eigenvalue weighted by Crippen LogP contribution is -2.25. The van der Waals surface area contributed by atoms with Crippen LogP contribution in [-0.2, 0) is 4.79 Å². The minimum absolute atomic E-state index is 0.206. The van der Waals surface area contributed by atoms with Gasteiger partial charge in [-0.15, -0.1) is 0 Å². The number of ether oxygens (including phenoxy) is 2. The Morgan fingerprint density at radius 3 is 2.71 bits per heavy atom. The summed E-state index contributed by atoms with van der Waals surface area (Å²) < 4.78 is 11.0. The van der Waals surface area contributed by atoms with Crippen molar-refractivity contribution in [1.82, 2.24) is 4.98 Å². The maximum absolute atomic E-state index is 12.4. The van der Waals surface area contributed by atoms with Crippen molar-refractivity contribution in [3.63, 3.8) is 0 Å². The summed E-state index contributed by atoms with van der Waals surface area (Å²) in [6, 6.07) is 8.36. The minimum Gasteiger partial charge on any atom is -0.452 e. The highest BCUT2D eigenvalue weighted by Gasteiger charge is 2.29. The van der Waals surface area contributed by atoms with E-state index >= 15 is 0 Å². The van der Waals surface area contributed by atoms with Crippen molar-refractivity contribution in [3.05, 3.63) is 59.6 Å². The summed E-state index contributed by atoms with van der Waals surface area (Å²) >= 11 is 0. The first-order chi connectivity index (χ1) is 11.3. The van der Waals surface area contributed by atoms with E-state index in [0.717, 1.165) is 5.56 Å². The van der Waals surface area contributed by atoms with Gasteiger partial charge in [0.15, 0.2) is 5.76 Å². The van der Waals surface area contributed by atoms with E-state index in [1.165, 1.54) is 0 Å². The Bertz CT molecular complexity index is 832. The monoisotopic (exact) mass is 323 g/mol. The second-order valence-electron chi connectivity index (χ2n) is 6.52. The molecule has 0 N–H and O–H groups in total. The second kappa shape index (κ2) is 5.92. The Kier molecular flexibility index (Phi) is 3.93. The van der Waals surface area contributed by atoms with Gasteiger partial charge < -0.3 is 9.47 Å². The van der Waals surface area contributed by atoms with Crippen molar-refractivity contribution in [2.24, 2.45) is 5.41 Å². The van der Waals surface area contributed by atoms with Gasteiger partial charge in [0.05, 0.1) is 11.0 Å². The molecule has 5 nitrogen and oxygen atoms in total. The molecule has 122 valence electrons. The van der Waals surface area contributed by atoms with E-state index in [9.17, 15) is 9.59 Å². The molecule has 5 heteroatoms. The number of hydrogen-bond acceptors (Lipinski definition) is 5. The zero-order valence-corrected chi connectivity index (χ0v) is 13.7. The van der Waals surface area contributed by atoms with Crippen LogP contribution < -0.4 is 9.47 Å². The van der Waals surface area contributed by atoms with E-state index in [1.807, 2.05) is 6.07 Å². The topological polar surface area (TPSA) is 65.5 Å². The molecule has 0 amide bonds. The van der Waals surface area contributed by atoms with Gasteiger partial charge in [0, 0.05) is 18.5 Å². The third kappa shape index (κ3) is 3.20. The van der Waals surface area contributed by atoms with Gasteiger partial charge >= 0.3 is 5.97 Å². The molecular weight excluding hydrogens is 306 g/mol. The number of carbonyl (C=O) groups excluding carboxylic acids is 2. The summed E-state index contributed by atoms with van der Waals surface area (Å²) in [5.41, 5.74) is 0.606. The number of carbonyl (C=O) groups is 2. The molecular formula is C19H17NO4. The van der Waals surface area contributed by atoms with Crippen LogP contribution in [0.1, 0.15) is 36.7 Å². The summed E-state index contributed by atoms with van der Waals surface area (Å²) in [5, 5.41) is 0. The molecule has 0 spiro atoms. The number of Topliss-reactive ketones (excluding diaryl/α,β-unsaturated/α-hetero) is 1. The van der Waals surface area contributed by atoms with Crippen molar-refractivity contribution in [2.75, 3.05) is 0 Å². The average molecular weight is 323 g/mol. The van der Waals surface area contributed by atoms with Gasteiger partial charge in [0.2, 0.25) is 5.78 Å². The number of rotatable bonds is 2.